The van der Waals surface area contributed by atoms with Crippen LogP contribution in [-0.4, -0.2) is 42.3 Å². The molecule has 1 saturated heterocycles. The summed E-state index contributed by atoms with van der Waals surface area (Å²) in [6, 6.07) is -0.622. The lowest BCUT2D eigenvalue weighted by molar-refractivity contribution is -0.144. The molecule has 4 unspecified atom stereocenters. The highest BCUT2D eigenvalue weighted by Crippen LogP contribution is 2.30. The minimum absolute atomic E-state index is 0.185. The summed E-state index contributed by atoms with van der Waals surface area (Å²) in [5.74, 6) is -1.50. The van der Waals surface area contributed by atoms with Gasteiger partial charge in [-0.1, -0.05) is 12.8 Å². The van der Waals surface area contributed by atoms with Gasteiger partial charge in [0.25, 0.3) is 0 Å². The van der Waals surface area contributed by atoms with Crippen LogP contribution in [0, 0.1) is 11.3 Å². The average Bonchev–Trinajstić information content (AvgIpc) is 2.71. The van der Waals surface area contributed by atoms with Crippen molar-refractivity contribution in [3.8, 4) is 0 Å². The van der Waals surface area contributed by atoms with Crippen LogP contribution >= 0.6 is 0 Å². The van der Waals surface area contributed by atoms with Crippen molar-refractivity contribution in [2.75, 3.05) is 13.2 Å². The van der Waals surface area contributed by atoms with Gasteiger partial charge in [-0.25, -0.2) is 0 Å². The van der Waals surface area contributed by atoms with Crippen LogP contribution in [0.25, 0.3) is 0 Å². The summed E-state index contributed by atoms with van der Waals surface area (Å²) in [5.41, 5.74) is 5.16. The summed E-state index contributed by atoms with van der Waals surface area (Å²) in [7, 11) is 0. The number of ether oxygens (including phenoxy) is 1. The van der Waals surface area contributed by atoms with Crippen molar-refractivity contribution in [2.24, 2.45) is 17.1 Å². The molecule has 4 atom stereocenters. The van der Waals surface area contributed by atoms with E-state index in [4.69, 9.17) is 10.5 Å². The first-order valence-electron chi connectivity index (χ1n) is 6.82. The van der Waals surface area contributed by atoms with Crippen molar-refractivity contribution in [1.29, 1.82) is 0 Å². The van der Waals surface area contributed by atoms with Crippen molar-refractivity contribution in [3.63, 3.8) is 0 Å². The van der Waals surface area contributed by atoms with E-state index in [1.165, 1.54) is 0 Å². The molecule has 0 radical (unpaired) electrons. The molecule has 0 aromatic heterocycles. The van der Waals surface area contributed by atoms with Crippen molar-refractivity contribution >= 4 is 11.9 Å². The molecule has 0 spiro atoms. The van der Waals surface area contributed by atoms with Gasteiger partial charge < -0.3 is 20.9 Å². The van der Waals surface area contributed by atoms with Crippen LogP contribution in [0.15, 0.2) is 0 Å². The molecule has 6 nitrogen and oxygen atoms in total. The molecule has 2 fully saturated rings. The molecule has 2 rings (SSSR count). The topological polar surface area (TPSA) is 102 Å². The molecule has 2 aliphatic rings. The Bertz CT molecular complexity index is 374. The van der Waals surface area contributed by atoms with E-state index in [-0.39, 0.29) is 18.0 Å². The average molecular weight is 270 g/mol. The Kier molecular flexibility index (Phi) is 4.10. The van der Waals surface area contributed by atoms with E-state index in [0.29, 0.717) is 19.6 Å². The zero-order valence-corrected chi connectivity index (χ0v) is 11.2. The second-order valence-corrected chi connectivity index (χ2v) is 5.85. The molecular formula is C13H22N2O4. The van der Waals surface area contributed by atoms with Gasteiger partial charge in [-0.3, -0.25) is 9.59 Å². The third-order valence-corrected chi connectivity index (χ3v) is 4.44. The smallest absolute Gasteiger partial charge is 0.308 e. The fourth-order valence-electron chi connectivity index (χ4n) is 2.86. The van der Waals surface area contributed by atoms with Crippen molar-refractivity contribution < 1.29 is 19.4 Å². The van der Waals surface area contributed by atoms with Gasteiger partial charge in [0.1, 0.15) is 0 Å². The molecule has 1 heterocycles. The van der Waals surface area contributed by atoms with Crippen LogP contribution in [0.4, 0.5) is 0 Å². The SMILES string of the molecule is CC1(C(=O)NC2CCCCC2C(=O)O)COCC1N. The van der Waals surface area contributed by atoms with Gasteiger partial charge in [0, 0.05) is 12.1 Å². The summed E-state index contributed by atoms with van der Waals surface area (Å²) in [6.45, 7) is 2.44. The summed E-state index contributed by atoms with van der Waals surface area (Å²) >= 11 is 0. The number of carboxylic acids is 1. The number of nitrogens with one attached hydrogen (secondary N) is 1. The first-order chi connectivity index (χ1) is 8.95. The maximum absolute atomic E-state index is 12.3. The van der Waals surface area contributed by atoms with Gasteiger partial charge in [-0.15, -0.1) is 0 Å². The van der Waals surface area contributed by atoms with Gasteiger partial charge in [0.05, 0.1) is 24.5 Å². The van der Waals surface area contributed by atoms with Crippen LogP contribution in [0.1, 0.15) is 32.6 Å². The molecular weight excluding hydrogens is 248 g/mol. The number of aliphatic carboxylic acids is 1. The normalized spacial score (nSPS) is 38.9. The number of carboxylic acid groups (broad SMARTS) is 1. The highest BCUT2D eigenvalue weighted by atomic mass is 16.5. The molecule has 1 amide bonds. The number of amides is 1. The van der Waals surface area contributed by atoms with Crippen molar-refractivity contribution in [1.82, 2.24) is 5.32 Å². The Morgan fingerprint density at radius 3 is 2.63 bits per heavy atom. The van der Waals surface area contributed by atoms with Crippen molar-refractivity contribution in [2.45, 2.75) is 44.7 Å². The van der Waals surface area contributed by atoms with Crippen LogP contribution in [0.5, 0.6) is 0 Å². The number of nitrogens with two attached hydrogens (primary N) is 1. The standard InChI is InChI=1S/C13H22N2O4/c1-13(7-19-6-10(13)14)12(18)15-9-5-3-2-4-8(9)11(16)17/h8-10H,2-7,14H2,1H3,(H,15,18)(H,16,17). The van der Waals surface area contributed by atoms with E-state index in [1.54, 1.807) is 6.92 Å². The van der Waals surface area contributed by atoms with Crippen LogP contribution in [0.3, 0.4) is 0 Å². The number of rotatable bonds is 3. The summed E-state index contributed by atoms with van der Waals surface area (Å²) < 4.78 is 5.25. The van der Waals surface area contributed by atoms with Gasteiger partial charge in [-0.05, 0) is 19.8 Å². The molecule has 4 N–H and O–H groups in total. The molecule has 1 saturated carbocycles. The maximum Gasteiger partial charge on any atom is 0.308 e. The van der Waals surface area contributed by atoms with Crippen molar-refractivity contribution in [3.05, 3.63) is 0 Å². The van der Waals surface area contributed by atoms with Gasteiger partial charge in [0.15, 0.2) is 0 Å². The molecule has 0 bridgehead atoms. The van der Waals surface area contributed by atoms with Crippen LogP contribution in [-0.2, 0) is 14.3 Å². The molecule has 108 valence electrons. The van der Waals surface area contributed by atoms with Crippen LogP contribution < -0.4 is 11.1 Å². The Morgan fingerprint density at radius 1 is 1.37 bits per heavy atom. The van der Waals surface area contributed by atoms with Gasteiger partial charge in [-0.2, -0.15) is 0 Å². The molecule has 19 heavy (non-hydrogen) atoms. The zero-order valence-electron chi connectivity index (χ0n) is 11.2. The first-order valence-corrected chi connectivity index (χ1v) is 6.82. The molecule has 6 heteroatoms. The Balaban J connectivity index is 2.03. The summed E-state index contributed by atoms with van der Waals surface area (Å²) in [6.07, 6.45) is 3.20. The van der Waals surface area contributed by atoms with Crippen LogP contribution in [0.2, 0.25) is 0 Å². The third kappa shape index (κ3) is 2.74. The van der Waals surface area contributed by atoms with Gasteiger partial charge in [0.2, 0.25) is 5.91 Å². The second kappa shape index (κ2) is 5.46. The summed E-state index contributed by atoms with van der Waals surface area (Å²) in [5, 5.41) is 12.1. The molecule has 1 aliphatic heterocycles. The predicted molar refractivity (Wildman–Crippen MR) is 68.4 cm³/mol. The number of carbonyl (C=O) groups excluding carboxylic acids is 1. The number of hydrogen-bond donors (Lipinski definition) is 3. The minimum atomic E-state index is -0.831. The minimum Gasteiger partial charge on any atom is -0.481 e. The largest absolute Gasteiger partial charge is 0.481 e. The second-order valence-electron chi connectivity index (χ2n) is 5.85. The molecule has 0 aromatic rings. The van der Waals surface area contributed by atoms with E-state index in [0.717, 1.165) is 19.3 Å². The number of carbonyl (C=O) groups is 2. The Hall–Kier alpha value is -1.14. The van der Waals surface area contributed by atoms with Gasteiger partial charge >= 0.3 is 5.97 Å². The van der Waals surface area contributed by atoms with E-state index in [9.17, 15) is 14.7 Å². The highest BCUT2D eigenvalue weighted by molar-refractivity contribution is 5.84. The molecule has 0 aromatic carbocycles. The van der Waals surface area contributed by atoms with E-state index in [1.807, 2.05) is 0 Å². The van der Waals surface area contributed by atoms with E-state index >= 15 is 0 Å². The fraction of sp³-hybridized carbons (Fsp3) is 0.846. The molecule has 1 aliphatic carbocycles. The van der Waals surface area contributed by atoms with E-state index in [2.05, 4.69) is 5.32 Å². The Labute approximate surface area is 112 Å². The lowest BCUT2D eigenvalue weighted by atomic mass is 9.81. The predicted octanol–water partition coefficient (Wildman–Crippen LogP) is 0.110. The zero-order chi connectivity index (χ0) is 14.0. The lowest BCUT2D eigenvalue weighted by Gasteiger charge is -2.33. The third-order valence-electron chi connectivity index (χ3n) is 4.44. The summed E-state index contributed by atoms with van der Waals surface area (Å²) in [4.78, 5) is 23.6. The van der Waals surface area contributed by atoms with E-state index < -0.39 is 17.3 Å². The highest BCUT2D eigenvalue weighted by Gasteiger charge is 2.46. The maximum atomic E-state index is 12.3. The monoisotopic (exact) mass is 270 g/mol. The lowest BCUT2D eigenvalue weighted by Crippen LogP contribution is -2.55. The quantitative estimate of drug-likeness (QED) is 0.675. The fourth-order valence-corrected chi connectivity index (χ4v) is 2.86. The number of hydrogen-bond acceptors (Lipinski definition) is 4. The Morgan fingerprint density at radius 2 is 2.05 bits per heavy atom. The first kappa shape index (κ1) is 14.3.